The van der Waals surface area contributed by atoms with Crippen molar-refractivity contribution in [3.05, 3.63) is 114 Å². The van der Waals surface area contributed by atoms with E-state index in [1.54, 1.807) is 0 Å². The highest BCUT2D eigenvalue weighted by Gasteiger charge is 2.37. The molecule has 5 rings (SSSR count). The minimum Gasteiger partial charge on any atom is -0.0619 e. The Morgan fingerprint density at radius 1 is 0.500 bits per heavy atom. The van der Waals surface area contributed by atoms with Gasteiger partial charge in [-0.2, -0.15) is 0 Å². The van der Waals surface area contributed by atoms with E-state index in [0.717, 1.165) is 0 Å². The third-order valence-electron chi connectivity index (χ3n) is 5.75. The number of rotatable bonds is 3. The van der Waals surface area contributed by atoms with Crippen molar-refractivity contribution in [3.8, 4) is 11.1 Å². The molecule has 0 radical (unpaired) electrons. The van der Waals surface area contributed by atoms with Gasteiger partial charge in [-0.25, -0.2) is 0 Å². The third-order valence-corrected chi connectivity index (χ3v) is 7.96. The van der Waals surface area contributed by atoms with Crippen molar-refractivity contribution in [3.63, 3.8) is 0 Å². The summed E-state index contributed by atoms with van der Waals surface area (Å²) in [6.45, 7) is 4.68. The molecule has 0 unspecified atom stereocenters. The van der Waals surface area contributed by atoms with Crippen LogP contribution in [0.2, 0.25) is 0 Å². The molecular formula is C27H23S+. The second kappa shape index (κ2) is 6.68. The molecule has 1 heteroatoms. The van der Waals surface area contributed by atoms with Gasteiger partial charge < -0.3 is 0 Å². The van der Waals surface area contributed by atoms with Crippen LogP contribution in [0.1, 0.15) is 25.0 Å². The minimum absolute atomic E-state index is 0.0581. The molecule has 0 heterocycles. The normalized spacial score (nSPS) is 14.0. The van der Waals surface area contributed by atoms with E-state index in [4.69, 9.17) is 0 Å². The maximum absolute atomic E-state index is 2.44. The predicted octanol–water partition coefficient (Wildman–Crippen LogP) is 7.09. The van der Waals surface area contributed by atoms with Gasteiger partial charge in [0.05, 0.1) is 10.9 Å². The fraction of sp³-hybridized carbons (Fsp3) is 0.111. The molecule has 28 heavy (non-hydrogen) atoms. The van der Waals surface area contributed by atoms with Crippen LogP contribution in [-0.4, -0.2) is 0 Å². The zero-order valence-electron chi connectivity index (χ0n) is 16.2. The van der Waals surface area contributed by atoms with Crippen LogP contribution in [0.4, 0.5) is 0 Å². The van der Waals surface area contributed by atoms with Crippen molar-refractivity contribution in [1.82, 2.24) is 0 Å². The molecule has 1 aliphatic carbocycles. The average molecular weight is 380 g/mol. The molecule has 136 valence electrons. The second-order valence-corrected chi connectivity index (χ2v) is 9.84. The lowest BCUT2D eigenvalue weighted by atomic mass is 9.82. The van der Waals surface area contributed by atoms with E-state index in [0.29, 0.717) is 0 Å². The highest BCUT2D eigenvalue weighted by molar-refractivity contribution is 7.97. The average Bonchev–Trinajstić information content (AvgIpc) is 2.97. The van der Waals surface area contributed by atoms with Gasteiger partial charge in [0.1, 0.15) is 0 Å². The molecule has 0 aromatic heterocycles. The molecule has 0 N–H and O–H groups in total. The summed E-state index contributed by atoms with van der Waals surface area (Å²) in [7, 11) is -0.109. The molecule has 4 aromatic rings. The SMILES string of the molecule is CC1(C)c2ccccc2-c2cc([S+](c3ccccc3)c3ccccc3)ccc21. The van der Waals surface area contributed by atoms with E-state index in [9.17, 15) is 0 Å². The second-order valence-electron chi connectivity index (χ2n) is 7.81. The maximum Gasteiger partial charge on any atom is 0.167 e. The summed E-state index contributed by atoms with van der Waals surface area (Å²) < 4.78 is 0. The minimum atomic E-state index is -0.109. The molecule has 0 aliphatic heterocycles. The van der Waals surface area contributed by atoms with Crippen LogP contribution < -0.4 is 0 Å². The van der Waals surface area contributed by atoms with Crippen LogP contribution in [0.25, 0.3) is 11.1 Å². The molecule has 0 fully saturated rings. The molecule has 0 saturated carbocycles. The summed E-state index contributed by atoms with van der Waals surface area (Å²) in [5.74, 6) is 0. The predicted molar refractivity (Wildman–Crippen MR) is 119 cm³/mol. The first-order valence-electron chi connectivity index (χ1n) is 9.75. The largest absolute Gasteiger partial charge is 0.167 e. The van der Waals surface area contributed by atoms with Crippen molar-refractivity contribution < 1.29 is 0 Å². The Labute approximate surface area is 170 Å². The van der Waals surface area contributed by atoms with Gasteiger partial charge in [-0.05, 0) is 52.6 Å². The van der Waals surface area contributed by atoms with Crippen LogP contribution in [0.3, 0.4) is 0 Å². The van der Waals surface area contributed by atoms with Crippen molar-refractivity contribution in [2.24, 2.45) is 0 Å². The number of benzene rings is 4. The fourth-order valence-corrected chi connectivity index (χ4v) is 6.46. The van der Waals surface area contributed by atoms with Gasteiger partial charge in [0, 0.05) is 11.5 Å². The van der Waals surface area contributed by atoms with Gasteiger partial charge in [-0.15, -0.1) is 0 Å². The molecule has 0 nitrogen and oxygen atoms in total. The maximum atomic E-state index is 2.44. The number of hydrogen-bond donors (Lipinski definition) is 0. The lowest BCUT2D eigenvalue weighted by molar-refractivity contribution is 0.660. The lowest BCUT2D eigenvalue weighted by Crippen LogP contribution is -2.15. The Balaban J connectivity index is 1.72. The van der Waals surface area contributed by atoms with Gasteiger partial charge in [-0.3, -0.25) is 0 Å². The quantitative estimate of drug-likeness (QED) is 0.333. The molecule has 0 bridgehead atoms. The fourth-order valence-electron chi connectivity index (χ4n) is 4.35. The monoisotopic (exact) mass is 379 g/mol. The van der Waals surface area contributed by atoms with Gasteiger partial charge in [0.15, 0.2) is 14.7 Å². The van der Waals surface area contributed by atoms with E-state index in [1.807, 2.05) is 0 Å². The van der Waals surface area contributed by atoms with Gasteiger partial charge in [0.25, 0.3) is 0 Å². The van der Waals surface area contributed by atoms with Crippen molar-refractivity contribution in [1.29, 1.82) is 0 Å². The van der Waals surface area contributed by atoms with Crippen LogP contribution in [0, 0.1) is 0 Å². The smallest absolute Gasteiger partial charge is 0.0619 e. The summed E-state index contributed by atoms with van der Waals surface area (Å²) in [5.41, 5.74) is 5.70. The topological polar surface area (TPSA) is 0 Å². The zero-order chi connectivity index (χ0) is 19.1. The van der Waals surface area contributed by atoms with E-state index >= 15 is 0 Å². The van der Waals surface area contributed by atoms with Gasteiger partial charge in [0.2, 0.25) is 0 Å². The first-order valence-corrected chi connectivity index (χ1v) is 11.0. The van der Waals surface area contributed by atoms with Crippen LogP contribution >= 0.6 is 0 Å². The first-order chi connectivity index (χ1) is 13.7. The molecular weight excluding hydrogens is 356 g/mol. The van der Waals surface area contributed by atoms with Crippen molar-refractivity contribution in [2.45, 2.75) is 33.9 Å². The van der Waals surface area contributed by atoms with E-state index in [1.165, 1.54) is 36.9 Å². The summed E-state index contributed by atoms with van der Waals surface area (Å²) in [5, 5.41) is 0. The Hall–Kier alpha value is -2.77. The van der Waals surface area contributed by atoms with Gasteiger partial charge in [-0.1, -0.05) is 80.6 Å². The lowest BCUT2D eigenvalue weighted by Gasteiger charge is -2.21. The Kier molecular flexibility index (Phi) is 4.14. The van der Waals surface area contributed by atoms with E-state index in [2.05, 4.69) is 117 Å². The Morgan fingerprint density at radius 2 is 1.04 bits per heavy atom. The number of fused-ring (bicyclic) bond motifs is 3. The summed E-state index contributed by atoms with van der Waals surface area (Å²) in [4.78, 5) is 4.10. The molecule has 0 amide bonds. The molecule has 1 aliphatic rings. The molecule has 4 aromatic carbocycles. The summed E-state index contributed by atoms with van der Waals surface area (Å²) >= 11 is 0. The molecule has 0 saturated heterocycles. The first kappa shape index (κ1) is 17.3. The standard InChI is InChI=1S/C27H23S/c1-27(2)25-16-10-9-15-23(25)24-19-22(17-18-26(24)27)28(20-11-5-3-6-12-20)21-13-7-4-8-14-21/h3-19H,1-2H3/q+1. The van der Waals surface area contributed by atoms with Crippen LogP contribution in [-0.2, 0) is 16.3 Å². The highest BCUT2D eigenvalue weighted by Crippen LogP contribution is 2.49. The van der Waals surface area contributed by atoms with Crippen molar-refractivity contribution in [2.75, 3.05) is 0 Å². The Bertz CT molecular complexity index is 1090. The summed E-state index contributed by atoms with van der Waals surface area (Å²) in [6.07, 6.45) is 0. The van der Waals surface area contributed by atoms with Crippen LogP contribution in [0.5, 0.6) is 0 Å². The van der Waals surface area contributed by atoms with E-state index in [-0.39, 0.29) is 16.3 Å². The zero-order valence-corrected chi connectivity index (χ0v) is 17.0. The number of hydrogen-bond acceptors (Lipinski definition) is 0. The molecule has 0 spiro atoms. The molecule has 0 atom stereocenters. The highest BCUT2D eigenvalue weighted by atomic mass is 32.2. The van der Waals surface area contributed by atoms with E-state index < -0.39 is 0 Å². The van der Waals surface area contributed by atoms with Crippen LogP contribution in [0.15, 0.2) is 118 Å². The van der Waals surface area contributed by atoms with Crippen molar-refractivity contribution >= 4 is 10.9 Å². The third kappa shape index (κ3) is 2.70. The van der Waals surface area contributed by atoms with Gasteiger partial charge >= 0.3 is 0 Å². The Morgan fingerprint density at radius 3 is 1.68 bits per heavy atom. The summed E-state index contributed by atoms with van der Waals surface area (Å²) in [6, 6.07) is 37.8.